The topological polar surface area (TPSA) is 63.8 Å². The third kappa shape index (κ3) is 1.93. The number of carboxylic acids is 1. The first-order chi connectivity index (χ1) is 9.16. The standard InChI is InChI=1S/C12H7FN2O3S/c13-7-3-1-2-4-8(7)18-10-9(11(16)17)15-5-6-19-12(15)14-10/h1-6H,(H,16,17). The zero-order valence-electron chi connectivity index (χ0n) is 9.41. The van der Waals surface area contributed by atoms with Crippen LogP contribution in [0.5, 0.6) is 11.6 Å². The normalized spacial score (nSPS) is 10.8. The van der Waals surface area contributed by atoms with Crippen molar-refractivity contribution in [3.8, 4) is 11.6 Å². The molecule has 0 saturated carbocycles. The van der Waals surface area contributed by atoms with Crippen molar-refractivity contribution in [2.45, 2.75) is 0 Å². The van der Waals surface area contributed by atoms with Crippen molar-refractivity contribution in [1.29, 1.82) is 0 Å². The largest absolute Gasteiger partial charge is 0.476 e. The van der Waals surface area contributed by atoms with Crippen LogP contribution in [0.3, 0.4) is 0 Å². The van der Waals surface area contributed by atoms with Gasteiger partial charge in [-0.25, -0.2) is 9.18 Å². The van der Waals surface area contributed by atoms with Crippen molar-refractivity contribution in [1.82, 2.24) is 9.38 Å². The zero-order chi connectivity index (χ0) is 13.4. The van der Waals surface area contributed by atoms with Gasteiger partial charge in [-0.05, 0) is 12.1 Å². The average Bonchev–Trinajstić information content (AvgIpc) is 2.91. The molecule has 7 heteroatoms. The van der Waals surface area contributed by atoms with Crippen LogP contribution < -0.4 is 4.74 Å². The number of ether oxygens (including phenoxy) is 1. The van der Waals surface area contributed by atoms with E-state index in [1.807, 2.05) is 0 Å². The second-order valence-corrected chi connectivity index (χ2v) is 4.53. The molecule has 0 spiro atoms. The van der Waals surface area contributed by atoms with Crippen LogP contribution in [-0.2, 0) is 0 Å². The first-order valence-corrected chi connectivity index (χ1v) is 6.16. The van der Waals surface area contributed by atoms with Crippen molar-refractivity contribution in [3.05, 3.63) is 47.4 Å². The number of aromatic nitrogens is 2. The molecule has 0 radical (unpaired) electrons. The first kappa shape index (κ1) is 11.7. The predicted molar refractivity (Wildman–Crippen MR) is 66.5 cm³/mol. The summed E-state index contributed by atoms with van der Waals surface area (Å²) >= 11 is 1.27. The number of para-hydroxylation sites is 1. The predicted octanol–water partition coefficient (Wildman–Crippen LogP) is 3.03. The van der Waals surface area contributed by atoms with Crippen LogP contribution in [0.4, 0.5) is 4.39 Å². The smallest absolute Gasteiger partial charge is 0.358 e. The van der Waals surface area contributed by atoms with Crippen LogP contribution in [0.1, 0.15) is 10.5 Å². The monoisotopic (exact) mass is 278 g/mol. The van der Waals surface area contributed by atoms with Gasteiger partial charge in [0.15, 0.2) is 22.2 Å². The van der Waals surface area contributed by atoms with E-state index in [1.54, 1.807) is 17.6 Å². The quantitative estimate of drug-likeness (QED) is 0.799. The molecule has 1 N–H and O–H groups in total. The lowest BCUT2D eigenvalue weighted by Gasteiger charge is -2.04. The highest BCUT2D eigenvalue weighted by Crippen LogP contribution is 2.29. The second-order valence-electron chi connectivity index (χ2n) is 3.66. The number of fused-ring (bicyclic) bond motifs is 1. The summed E-state index contributed by atoms with van der Waals surface area (Å²) in [5.74, 6) is -1.94. The Morgan fingerprint density at radius 1 is 1.42 bits per heavy atom. The van der Waals surface area contributed by atoms with Gasteiger partial charge in [0.25, 0.3) is 5.88 Å². The van der Waals surface area contributed by atoms with Gasteiger partial charge < -0.3 is 9.84 Å². The van der Waals surface area contributed by atoms with Gasteiger partial charge in [-0.15, -0.1) is 11.3 Å². The lowest BCUT2D eigenvalue weighted by Crippen LogP contribution is -2.03. The number of rotatable bonds is 3. The maximum Gasteiger partial charge on any atom is 0.358 e. The van der Waals surface area contributed by atoms with Crippen LogP contribution in [0.15, 0.2) is 35.8 Å². The van der Waals surface area contributed by atoms with Crippen molar-refractivity contribution < 1.29 is 19.0 Å². The van der Waals surface area contributed by atoms with Crippen molar-refractivity contribution in [2.75, 3.05) is 0 Å². The van der Waals surface area contributed by atoms with E-state index in [0.29, 0.717) is 4.96 Å². The van der Waals surface area contributed by atoms with E-state index in [9.17, 15) is 14.3 Å². The van der Waals surface area contributed by atoms with Gasteiger partial charge in [0.05, 0.1) is 0 Å². The van der Waals surface area contributed by atoms with E-state index in [4.69, 9.17) is 4.74 Å². The molecule has 0 aliphatic rings. The third-order valence-electron chi connectivity index (χ3n) is 2.48. The van der Waals surface area contributed by atoms with Crippen molar-refractivity contribution in [2.24, 2.45) is 0 Å². The number of imidazole rings is 1. The number of thiazole rings is 1. The molecule has 5 nitrogen and oxygen atoms in total. The Morgan fingerprint density at radius 3 is 2.95 bits per heavy atom. The number of hydrogen-bond acceptors (Lipinski definition) is 4. The molecule has 3 aromatic rings. The Kier molecular flexibility index (Phi) is 2.68. The Hall–Kier alpha value is -2.41. The molecule has 3 rings (SSSR count). The highest BCUT2D eigenvalue weighted by molar-refractivity contribution is 7.15. The number of aromatic carboxylic acids is 1. The number of carboxylic acid groups (broad SMARTS) is 1. The fourth-order valence-electron chi connectivity index (χ4n) is 1.66. The molecule has 0 saturated heterocycles. The second kappa shape index (κ2) is 4.36. The first-order valence-electron chi connectivity index (χ1n) is 5.28. The summed E-state index contributed by atoms with van der Waals surface area (Å²) in [5, 5.41) is 10.9. The molecule has 2 heterocycles. The summed E-state index contributed by atoms with van der Waals surface area (Å²) < 4.78 is 20.1. The molecule has 96 valence electrons. The molecule has 0 aliphatic carbocycles. The molecule has 0 amide bonds. The van der Waals surface area contributed by atoms with Crippen molar-refractivity contribution >= 4 is 22.3 Å². The summed E-state index contributed by atoms with van der Waals surface area (Å²) in [7, 11) is 0. The Bertz CT molecular complexity index is 765. The highest BCUT2D eigenvalue weighted by atomic mass is 32.1. The average molecular weight is 278 g/mol. The van der Waals surface area contributed by atoms with E-state index in [2.05, 4.69) is 4.98 Å². The zero-order valence-corrected chi connectivity index (χ0v) is 10.2. The van der Waals surface area contributed by atoms with E-state index in [-0.39, 0.29) is 17.3 Å². The number of nitrogens with zero attached hydrogens (tertiary/aromatic N) is 2. The van der Waals surface area contributed by atoms with Crippen LogP contribution in [0, 0.1) is 5.82 Å². The summed E-state index contributed by atoms with van der Waals surface area (Å²) in [6, 6.07) is 5.76. The number of benzene rings is 1. The Balaban J connectivity index is 2.10. The Morgan fingerprint density at radius 2 is 2.21 bits per heavy atom. The molecule has 0 unspecified atom stereocenters. The fraction of sp³-hybridized carbons (Fsp3) is 0. The number of halogens is 1. The lowest BCUT2D eigenvalue weighted by molar-refractivity contribution is 0.0686. The Labute approximate surface area is 110 Å². The van der Waals surface area contributed by atoms with Crippen LogP contribution >= 0.6 is 11.3 Å². The summed E-state index contributed by atoms with van der Waals surface area (Å²) in [6.45, 7) is 0. The van der Waals surface area contributed by atoms with E-state index < -0.39 is 11.8 Å². The molecule has 0 atom stereocenters. The SMILES string of the molecule is O=C(O)c1c(Oc2ccccc2F)nc2sccn12. The molecule has 2 aromatic heterocycles. The van der Waals surface area contributed by atoms with Gasteiger partial charge in [0.1, 0.15) is 0 Å². The van der Waals surface area contributed by atoms with Crippen LogP contribution in [0.2, 0.25) is 0 Å². The van der Waals surface area contributed by atoms with Gasteiger partial charge in [-0.1, -0.05) is 12.1 Å². The lowest BCUT2D eigenvalue weighted by atomic mass is 10.3. The maximum absolute atomic E-state index is 13.5. The molecule has 0 fully saturated rings. The van der Waals surface area contributed by atoms with Crippen molar-refractivity contribution in [3.63, 3.8) is 0 Å². The summed E-state index contributed by atoms with van der Waals surface area (Å²) in [5.41, 5.74) is -0.125. The number of carbonyl (C=O) groups is 1. The van der Waals surface area contributed by atoms with Crippen LogP contribution in [0.25, 0.3) is 4.96 Å². The molecule has 19 heavy (non-hydrogen) atoms. The van der Waals surface area contributed by atoms with Gasteiger partial charge >= 0.3 is 5.97 Å². The molecule has 0 aliphatic heterocycles. The van der Waals surface area contributed by atoms with Gasteiger partial charge in [-0.3, -0.25) is 4.40 Å². The minimum absolute atomic E-state index is 0.0595. The molecular formula is C12H7FN2O3S. The molecule has 1 aromatic carbocycles. The minimum Gasteiger partial charge on any atom is -0.476 e. The van der Waals surface area contributed by atoms with E-state index >= 15 is 0 Å². The summed E-state index contributed by atoms with van der Waals surface area (Å²) in [6.07, 6.45) is 1.57. The molecular weight excluding hydrogens is 271 g/mol. The number of hydrogen-bond donors (Lipinski definition) is 1. The third-order valence-corrected chi connectivity index (χ3v) is 3.23. The minimum atomic E-state index is -1.18. The van der Waals surface area contributed by atoms with Crippen LogP contribution in [-0.4, -0.2) is 20.5 Å². The molecule has 0 bridgehead atoms. The van der Waals surface area contributed by atoms with Gasteiger partial charge in [0.2, 0.25) is 0 Å². The van der Waals surface area contributed by atoms with E-state index in [1.165, 1.54) is 33.9 Å². The fourth-order valence-corrected chi connectivity index (χ4v) is 2.37. The summed E-state index contributed by atoms with van der Waals surface area (Å²) in [4.78, 5) is 15.8. The van der Waals surface area contributed by atoms with Gasteiger partial charge in [0, 0.05) is 11.6 Å². The van der Waals surface area contributed by atoms with E-state index in [0.717, 1.165) is 0 Å². The highest BCUT2D eigenvalue weighted by Gasteiger charge is 2.22. The van der Waals surface area contributed by atoms with Gasteiger partial charge in [-0.2, -0.15) is 4.98 Å². The maximum atomic E-state index is 13.5.